The highest BCUT2D eigenvalue weighted by Crippen LogP contribution is 2.47. The van der Waals surface area contributed by atoms with Gasteiger partial charge in [-0.2, -0.15) is 0 Å². The molecular formula is C15H17ClN4O. The van der Waals surface area contributed by atoms with Crippen molar-refractivity contribution in [1.82, 2.24) is 0 Å². The fourth-order valence-electron chi connectivity index (χ4n) is 3.53. The number of rotatable bonds is 2. The Morgan fingerprint density at radius 2 is 2.00 bits per heavy atom. The molecule has 0 aromatic heterocycles. The molecule has 0 radical (unpaired) electrons. The molecule has 0 atom stereocenters. The Balaban J connectivity index is 1.78. The van der Waals surface area contributed by atoms with Crippen LogP contribution in [0.15, 0.2) is 29.4 Å². The van der Waals surface area contributed by atoms with Crippen LogP contribution in [0.2, 0.25) is 5.02 Å². The number of nitrogens with zero attached hydrogens (tertiary/aromatic N) is 4. The van der Waals surface area contributed by atoms with Gasteiger partial charge in [-0.15, -0.1) is 0 Å². The molecule has 1 aromatic carbocycles. The third kappa shape index (κ3) is 2.47. The van der Waals surface area contributed by atoms with E-state index in [0.29, 0.717) is 5.02 Å². The number of anilines is 1. The van der Waals surface area contributed by atoms with Gasteiger partial charge in [-0.05, 0) is 49.8 Å². The van der Waals surface area contributed by atoms with Crippen LogP contribution in [0.4, 0.5) is 5.69 Å². The summed E-state index contributed by atoms with van der Waals surface area (Å²) in [5, 5.41) is 4.41. The molecule has 1 aliphatic carbocycles. The zero-order valence-electron chi connectivity index (χ0n) is 11.7. The van der Waals surface area contributed by atoms with E-state index in [0.717, 1.165) is 44.3 Å². The van der Waals surface area contributed by atoms with Gasteiger partial charge in [0.2, 0.25) is 5.91 Å². The van der Waals surface area contributed by atoms with E-state index in [1.807, 2.05) is 29.2 Å². The van der Waals surface area contributed by atoms with Crippen LogP contribution in [0.5, 0.6) is 0 Å². The van der Waals surface area contributed by atoms with Crippen LogP contribution in [0.1, 0.15) is 32.1 Å². The van der Waals surface area contributed by atoms with Crippen LogP contribution in [-0.2, 0) is 4.79 Å². The van der Waals surface area contributed by atoms with Gasteiger partial charge >= 0.3 is 0 Å². The van der Waals surface area contributed by atoms with Crippen molar-refractivity contribution in [3.05, 3.63) is 39.7 Å². The first-order valence-corrected chi connectivity index (χ1v) is 7.65. The molecule has 1 heterocycles. The van der Waals surface area contributed by atoms with Crippen molar-refractivity contribution in [2.45, 2.75) is 38.1 Å². The van der Waals surface area contributed by atoms with Crippen molar-refractivity contribution in [2.24, 2.45) is 10.5 Å². The smallest absolute Gasteiger partial charge is 0.233 e. The summed E-state index contributed by atoms with van der Waals surface area (Å²) < 4.78 is 0. The molecule has 0 unspecified atom stereocenters. The first-order chi connectivity index (χ1) is 10.2. The van der Waals surface area contributed by atoms with E-state index in [2.05, 4.69) is 10.0 Å². The summed E-state index contributed by atoms with van der Waals surface area (Å²) in [6.45, 7) is 0.717. The van der Waals surface area contributed by atoms with E-state index in [9.17, 15) is 4.79 Å². The van der Waals surface area contributed by atoms with Gasteiger partial charge in [0.1, 0.15) is 0 Å². The molecule has 1 aromatic rings. The molecule has 1 amide bonds. The molecule has 1 saturated heterocycles. The van der Waals surface area contributed by atoms with Crippen LogP contribution in [0.3, 0.4) is 0 Å². The van der Waals surface area contributed by atoms with Crippen molar-refractivity contribution < 1.29 is 4.79 Å². The third-order valence-corrected chi connectivity index (χ3v) is 5.10. The molecule has 6 heteroatoms. The average molecular weight is 305 g/mol. The highest BCUT2D eigenvalue weighted by Gasteiger charge is 2.48. The van der Waals surface area contributed by atoms with Crippen LogP contribution in [0.25, 0.3) is 10.4 Å². The lowest BCUT2D eigenvalue weighted by Gasteiger charge is -2.34. The monoisotopic (exact) mass is 304 g/mol. The Kier molecular flexibility index (Phi) is 3.79. The van der Waals surface area contributed by atoms with E-state index < -0.39 is 0 Å². The van der Waals surface area contributed by atoms with Crippen molar-refractivity contribution in [1.29, 1.82) is 0 Å². The molecule has 1 spiro atoms. The summed E-state index contributed by atoms with van der Waals surface area (Å²) in [5.41, 5.74) is 9.04. The maximum atomic E-state index is 12.9. The Bertz CT molecular complexity index is 603. The van der Waals surface area contributed by atoms with Crippen molar-refractivity contribution >= 4 is 23.2 Å². The zero-order valence-corrected chi connectivity index (χ0v) is 12.5. The van der Waals surface area contributed by atoms with Gasteiger partial charge in [0, 0.05) is 17.5 Å². The molecule has 5 nitrogen and oxygen atoms in total. The number of azide groups is 1. The van der Waals surface area contributed by atoms with Gasteiger partial charge in [-0.3, -0.25) is 4.79 Å². The van der Waals surface area contributed by atoms with Crippen LogP contribution in [-0.4, -0.2) is 18.5 Å². The lowest BCUT2D eigenvalue weighted by atomic mass is 9.71. The second kappa shape index (κ2) is 5.58. The predicted molar refractivity (Wildman–Crippen MR) is 82.3 cm³/mol. The van der Waals surface area contributed by atoms with E-state index in [1.165, 1.54) is 0 Å². The van der Waals surface area contributed by atoms with Crippen molar-refractivity contribution in [3.8, 4) is 0 Å². The molecule has 2 aliphatic rings. The Morgan fingerprint density at radius 3 is 2.67 bits per heavy atom. The number of carbonyl (C=O) groups excluding carboxylic acids is 1. The first-order valence-electron chi connectivity index (χ1n) is 7.27. The number of hydrogen-bond acceptors (Lipinski definition) is 2. The normalized spacial score (nSPS) is 28.7. The van der Waals surface area contributed by atoms with Gasteiger partial charge in [-0.1, -0.05) is 28.8 Å². The quantitative estimate of drug-likeness (QED) is 0.456. The third-order valence-electron chi connectivity index (χ3n) is 4.78. The molecule has 3 rings (SSSR count). The first kappa shape index (κ1) is 14.2. The fourth-order valence-corrected chi connectivity index (χ4v) is 3.77. The topological polar surface area (TPSA) is 69.1 Å². The molecule has 0 bridgehead atoms. The Morgan fingerprint density at radius 1 is 1.29 bits per heavy atom. The number of benzene rings is 1. The molecule has 1 saturated carbocycles. The summed E-state index contributed by atoms with van der Waals surface area (Å²) in [5.74, 6) is 0.176. The van der Waals surface area contributed by atoms with Crippen molar-refractivity contribution in [2.75, 3.05) is 11.4 Å². The van der Waals surface area contributed by atoms with E-state index in [-0.39, 0.29) is 17.4 Å². The van der Waals surface area contributed by atoms with E-state index in [1.54, 1.807) is 0 Å². The number of hydrogen-bond donors (Lipinski definition) is 0. The number of halogens is 1. The molecular weight excluding hydrogens is 288 g/mol. The van der Waals surface area contributed by atoms with Gasteiger partial charge in [0.25, 0.3) is 0 Å². The second-order valence-corrected chi connectivity index (χ2v) is 6.28. The van der Waals surface area contributed by atoms with E-state index in [4.69, 9.17) is 17.1 Å². The van der Waals surface area contributed by atoms with Gasteiger partial charge < -0.3 is 4.90 Å². The summed E-state index contributed by atoms with van der Waals surface area (Å²) in [4.78, 5) is 17.6. The van der Waals surface area contributed by atoms with Crippen LogP contribution >= 0.6 is 11.6 Å². The fraction of sp³-hybridized carbons (Fsp3) is 0.533. The molecule has 0 N–H and O–H groups in total. The molecule has 21 heavy (non-hydrogen) atoms. The molecule has 110 valence electrons. The minimum absolute atomic E-state index is 0.0442. The predicted octanol–water partition coefficient (Wildman–Crippen LogP) is 4.32. The SMILES string of the molecule is [N-]=[N+]=NC1CCC2(CC1)CCN(c1ccccc1Cl)C2=O. The zero-order chi connectivity index (χ0) is 14.9. The highest BCUT2D eigenvalue weighted by molar-refractivity contribution is 6.33. The van der Waals surface area contributed by atoms with E-state index >= 15 is 0 Å². The summed E-state index contributed by atoms with van der Waals surface area (Å²) in [7, 11) is 0. The van der Waals surface area contributed by atoms with Gasteiger partial charge in [0.05, 0.1) is 16.1 Å². The highest BCUT2D eigenvalue weighted by atomic mass is 35.5. The summed E-state index contributed by atoms with van der Waals surface area (Å²) >= 11 is 6.21. The number of para-hydroxylation sites is 1. The minimum atomic E-state index is -0.277. The summed E-state index contributed by atoms with van der Waals surface area (Å²) in [6, 6.07) is 7.52. The summed E-state index contributed by atoms with van der Waals surface area (Å²) in [6.07, 6.45) is 4.06. The lowest BCUT2D eigenvalue weighted by molar-refractivity contribution is -0.127. The lowest BCUT2D eigenvalue weighted by Crippen LogP contribution is -2.38. The minimum Gasteiger partial charge on any atom is -0.310 e. The van der Waals surface area contributed by atoms with Gasteiger partial charge in [-0.25, -0.2) is 0 Å². The largest absolute Gasteiger partial charge is 0.310 e. The molecule has 1 aliphatic heterocycles. The molecule has 2 fully saturated rings. The Labute approximate surface area is 128 Å². The maximum absolute atomic E-state index is 12.9. The maximum Gasteiger partial charge on any atom is 0.233 e. The number of carbonyl (C=O) groups is 1. The average Bonchev–Trinajstić information content (AvgIpc) is 2.80. The van der Waals surface area contributed by atoms with Crippen LogP contribution < -0.4 is 4.90 Å². The Hall–Kier alpha value is -1.71. The van der Waals surface area contributed by atoms with Crippen LogP contribution in [0, 0.1) is 5.41 Å². The number of amides is 1. The van der Waals surface area contributed by atoms with Gasteiger partial charge in [0.15, 0.2) is 0 Å². The van der Waals surface area contributed by atoms with Crippen molar-refractivity contribution in [3.63, 3.8) is 0 Å². The standard InChI is InChI=1S/C15H17ClN4O/c16-12-3-1-2-4-13(12)20-10-9-15(14(20)21)7-5-11(6-8-15)18-19-17/h1-4,11H,5-10H2. The second-order valence-electron chi connectivity index (χ2n) is 5.87.